The first-order valence-electron chi connectivity index (χ1n) is 6.12. The number of ether oxygens (including phenoxy) is 2. The lowest BCUT2D eigenvalue weighted by Gasteiger charge is -2.30. The van der Waals surface area contributed by atoms with Gasteiger partial charge in [0.1, 0.15) is 17.6 Å². The number of rotatable bonds is 3. The second-order valence-electron chi connectivity index (χ2n) is 5.02. The van der Waals surface area contributed by atoms with E-state index in [1.165, 1.54) is 0 Å². The van der Waals surface area contributed by atoms with Gasteiger partial charge in [-0.05, 0) is 24.5 Å². The highest BCUT2D eigenvalue weighted by atomic mass is 16.5. The molecule has 3 heteroatoms. The standard InChI is InChI=1S/C14H20O3/c1-9(2)6-11-7-13(15)12-5-4-10(16-3)8-14(12)17-11/h4-5,8-9,11,13,15H,6-7H2,1-3H3/t11?,13-/m1/s1. The lowest BCUT2D eigenvalue weighted by molar-refractivity contribution is 0.0554. The number of hydrogen-bond acceptors (Lipinski definition) is 3. The van der Waals surface area contributed by atoms with Crippen molar-refractivity contribution in [2.45, 2.75) is 38.9 Å². The van der Waals surface area contributed by atoms with E-state index in [2.05, 4.69) is 13.8 Å². The lowest BCUT2D eigenvalue weighted by atomic mass is 9.94. The fourth-order valence-electron chi connectivity index (χ4n) is 2.29. The highest BCUT2D eigenvalue weighted by molar-refractivity contribution is 5.43. The Morgan fingerprint density at radius 2 is 2.24 bits per heavy atom. The van der Waals surface area contributed by atoms with Crippen molar-refractivity contribution in [2.24, 2.45) is 5.92 Å². The SMILES string of the molecule is COc1ccc2c(c1)OC(CC(C)C)C[C@H]2O. The van der Waals surface area contributed by atoms with Crippen LogP contribution in [0.25, 0.3) is 0 Å². The summed E-state index contributed by atoms with van der Waals surface area (Å²) in [5.74, 6) is 2.09. The molecule has 1 unspecified atom stereocenters. The van der Waals surface area contributed by atoms with Crippen molar-refractivity contribution in [1.29, 1.82) is 0 Å². The maximum Gasteiger partial charge on any atom is 0.129 e. The second kappa shape index (κ2) is 4.96. The molecule has 17 heavy (non-hydrogen) atoms. The largest absolute Gasteiger partial charge is 0.497 e. The zero-order valence-electron chi connectivity index (χ0n) is 10.6. The molecule has 1 aromatic carbocycles. The Bertz CT molecular complexity index is 387. The number of methoxy groups -OCH3 is 1. The first-order valence-corrected chi connectivity index (χ1v) is 6.12. The molecule has 1 aromatic rings. The van der Waals surface area contributed by atoms with E-state index in [4.69, 9.17) is 9.47 Å². The van der Waals surface area contributed by atoms with Crippen molar-refractivity contribution in [3.63, 3.8) is 0 Å². The summed E-state index contributed by atoms with van der Waals surface area (Å²) in [6.07, 6.45) is 1.32. The fraction of sp³-hybridized carbons (Fsp3) is 0.571. The minimum atomic E-state index is -0.423. The Labute approximate surface area is 102 Å². The molecule has 1 N–H and O–H groups in total. The Kier molecular flexibility index (Phi) is 3.57. The molecule has 1 aliphatic heterocycles. The van der Waals surface area contributed by atoms with E-state index in [-0.39, 0.29) is 6.10 Å². The van der Waals surface area contributed by atoms with Gasteiger partial charge in [0, 0.05) is 18.1 Å². The van der Waals surface area contributed by atoms with E-state index in [1.807, 2.05) is 18.2 Å². The van der Waals surface area contributed by atoms with Gasteiger partial charge in [-0.3, -0.25) is 0 Å². The lowest BCUT2D eigenvalue weighted by Crippen LogP contribution is -2.27. The summed E-state index contributed by atoms with van der Waals surface area (Å²) < 4.78 is 11.1. The molecule has 94 valence electrons. The molecule has 0 saturated heterocycles. The summed E-state index contributed by atoms with van der Waals surface area (Å²) >= 11 is 0. The van der Waals surface area contributed by atoms with Gasteiger partial charge in [0.05, 0.1) is 13.2 Å². The highest BCUT2D eigenvalue weighted by Gasteiger charge is 2.27. The molecule has 0 aliphatic carbocycles. The van der Waals surface area contributed by atoms with Crippen LogP contribution in [0.4, 0.5) is 0 Å². The van der Waals surface area contributed by atoms with Gasteiger partial charge < -0.3 is 14.6 Å². The van der Waals surface area contributed by atoms with Gasteiger partial charge in [-0.2, -0.15) is 0 Å². The normalized spacial score (nSPS) is 23.1. The maximum atomic E-state index is 10.1. The zero-order valence-corrected chi connectivity index (χ0v) is 10.6. The van der Waals surface area contributed by atoms with Crippen molar-refractivity contribution < 1.29 is 14.6 Å². The zero-order chi connectivity index (χ0) is 12.4. The number of aliphatic hydroxyl groups excluding tert-OH is 1. The molecule has 1 heterocycles. The van der Waals surface area contributed by atoms with Crippen LogP contribution in [-0.2, 0) is 0 Å². The van der Waals surface area contributed by atoms with Crippen molar-refractivity contribution in [3.05, 3.63) is 23.8 Å². The van der Waals surface area contributed by atoms with Gasteiger partial charge >= 0.3 is 0 Å². The summed E-state index contributed by atoms with van der Waals surface area (Å²) in [5.41, 5.74) is 0.866. The molecular weight excluding hydrogens is 216 g/mol. The minimum Gasteiger partial charge on any atom is -0.497 e. The van der Waals surface area contributed by atoms with Crippen molar-refractivity contribution in [1.82, 2.24) is 0 Å². The smallest absolute Gasteiger partial charge is 0.129 e. The Morgan fingerprint density at radius 3 is 2.88 bits per heavy atom. The molecule has 0 fully saturated rings. The van der Waals surface area contributed by atoms with Gasteiger partial charge in [-0.25, -0.2) is 0 Å². The predicted octanol–water partition coefficient (Wildman–Crippen LogP) is 2.93. The van der Waals surface area contributed by atoms with E-state index in [0.717, 1.165) is 23.5 Å². The third-order valence-electron chi connectivity index (χ3n) is 3.09. The number of aliphatic hydroxyl groups is 1. The van der Waals surface area contributed by atoms with E-state index in [0.29, 0.717) is 12.3 Å². The van der Waals surface area contributed by atoms with Crippen LogP contribution >= 0.6 is 0 Å². The molecule has 0 radical (unpaired) electrons. The van der Waals surface area contributed by atoms with E-state index in [1.54, 1.807) is 7.11 Å². The summed E-state index contributed by atoms with van der Waals surface area (Å²) in [7, 11) is 1.63. The Balaban J connectivity index is 2.21. The number of fused-ring (bicyclic) bond motifs is 1. The molecule has 0 aromatic heterocycles. The number of benzene rings is 1. The molecule has 0 amide bonds. The van der Waals surface area contributed by atoms with Crippen LogP contribution in [0, 0.1) is 5.92 Å². The molecule has 1 aliphatic rings. The molecule has 3 nitrogen and oxygen atoms in total. The van der Waals surface area contributed by atoms with Crippen LogP contribution in [0.3, 0.4) is 0 Å². The van der Waals surface area contributed by atoms with Gasteiger partial charge in [0.25, 0.3) is 0 Å². The topological polar surface area (TPSA) is 38.7 Å². The summed E-state index contributed by atoms with van der Waals surface area (Å²) in [4.78, 5) is 0. The summed E-state index contributed by atoms with van der Waals surface area (Å²) in [6.45, 7) is 4.33. The van der Waals surface area contributed by atoms with Gasteiger partial charge in [-0.15, -0.1) is 0 Å². The summed E-state index contributed by atoms with van der Waals surface area (Å²) in [5, 5.41) is 10.1. The van der Waals surface area contributed by atoms with E-state index in [9.17, 15) is 5.11 Å². The Morgan fingerprint density at radius 1 is 1.47 bits per heavy atom. The average Bonchev–Trinajstić information content (AvgIpc) is 2.27. The molecular formula is C14H20O3. The third kappa shape index (κ3) is 2.72. The van der Waals surface area contributed by atoms with E-state index >= 15 is 0 Å². The van der Waals surface area contributed by atoms with Crippen LogP contribution in [0.15, 0.2) is 18.2 Å². The quantitative estimate of drug-likeness (QED) is 0.877. The molecule has 0 spiro atoms. The summed E-state index contributed by atoms with van der Waals surface area (Å²) in [6, 6.07) is 5.59. The van der Waals surface area contributed by atoms with Crippen LogP contribution in [0.2, 0.25) is 0 Å². The fourth-order valence-corrected chi connectivity index (χ4v) is 2.29. The molecule has 2 atom stereocenters. The van der Waals surface area contributed by atoms with Crippen molar-refractivity contribution >= 4 is 0 Å². The Hall–Kier alpha value is -1.22. The molecule has 0 bridgehead atoms. The van der Waals surface area contributed by atoms with Crippen molar-refractivity contribution in [3.8, 4) is 11.5 Å². The predicted molar refractivity (Wildman–Crippen MR) is 66.4 cm³/mol. The highest BCUT2D eigenvalue weighted by Crippen LogP contribution is 2.38. The first-order chi connectivity index (χ1) is 8.10. The number of hydrogen-bond donors (Lipinski definition) is 1. The first kappa shape index (κ1) is 12.2. The van der Waals surface area contributed by atoms with Gasteiger partial charge in [0.15, 0.2) is 0 Å². The molecule has 2 rings (SSSR count). The van der Waals surface area contributed by atoms with Crippen LogP contribution in [0.5, 0.6) is 11.5 Å². The third-order valence-corrected chi connectivity index (χ3v) is 3.09. The van der Waals surface area contributed by atoms with Crippen molar-refractivity contribution in [2.75, 3.05) is 7.11 Å². The van der Waals surface area contributed by atoms with Crippen LogP contribution < -0.4 is 9.47 Å². The van der Waals surface area contributed by atoms with Crippen LogP contribution in [-0.4, -0.2) is 18.3 Å². The van der Waals surface area contributed by atoms with Gasteiger partial charge in [0.2, 0.25) is 0 Å². The second-order valence-corrected chi connectivity index (χ2v) is 5.02. The minimum absolute atomic E-state index is 0.101. The van der Waals surface area contributed by atoms with Gasteiger partial charge in [-0.1, -0.05) is 13.8 Å². The average molecular weight is 236 g/mol. The van der Waals surface area contributed by atoms with Crippen LogP contribution in [0.1, 0.15) is 38.4 Å². The monoisotopic (exact) mass is 236 g/mol. The maximum absolute atomic E-state index is 10.1. The van der Waals surface area contributed by atoms with E-state index < -0.39 is 6.10 Å². The molecule has 0 saturated carbocycles.